The molecule has 126 valence electrons. The van der Waals surface area contributed by atoms with E-state index < -0.39 is 72.5 Å². The van der Waals surface area contributed by atoms with Crippen LogP contribution in [-0.2, 0) is 23.9 Å². The molecule has 0 aromatic carbocycles. The van der Waals surface area contributed by atoms with Gasteiger partial charge in [0.2, 0.25) is 5.78 Å². The van der Waals surface area contributed by atoms with E-state index in [1.54, 1.807) is 0 Å². The Kier molecular flexibility index (Phi) is 4.75. The molecule has 11 nitrogen and oxygen atoms in total. The summed E-state index contributed by atoms with van der Waals surface area (Å²) in [4.78, 5) is 38.5. The van der Waals surface area contributed by atoms with Crippen molar-refractivity contribution in [3.8, 4) is 0 Å². The van der Waals surface area contributed by atoms with Crippen LogP contribution in [0.2, 0.25) is 0 Å². The van der Waals surface area contributed by atoms with Crippen LogP contribution >= 0.6 is 0 Å². The molecule has 0 saturated carbocycles. The average molecular weight is 331 g/mol. The predicted molar refractivity (Wildman–Crippen MR) is 68.0 cm³/mol. The minimum absolute atomic E-state index is 0.804. The molecule has 0 amide bonds. The molecule has 2 aliphatic rings. The van der Waals surface area contributed by atoms with E-state index >= 15 is 0 Å². The lowest BCUT2D eigenvalue weighted by Gasteiger charge is -2.14. The van der Waals surface area contributed by atoms with Gasteiger partial charge in [-0.15, -0.1) is 0 Å². The summed E-state index contributed by atoms with van der Waals surface area (Å²) in [5, 5.41) is 46.1. The SMILES string of the molecule is O=C1O[C@H]([C@@H](O)CO)C(=O)C1=NC1=C(O)[C@@H]([C@@H](O)CO)OC1=O. The van der Waals surface area contributed by atoms with Gasteiger partial charge >= 0.3 is 11.9 Å². The van der Waals surface area contributed by atoms with Crippen LogP contribution in [0.1, 0.15) is 0 Å². The number of ether oxygens (including phenoxy) is 2. The van der Waals surface area contributed by atoms with Gasteiger partial charge in [-0.2, -0.15) is 0 Å². The zero-order valence-corrected chi connectivity index (χ0v) is 11.4. The van der Waals surface area contributed by atoms with Gasteiger partial charge in [0.25, 0.3) is 0 Å². The highest BCUT2D eigenvalue weighted by Crippen LogP contribution is 2.25. The molecular weight excluding hydrogens is 318 g/mol. The Morgan fingerprint density at radius 2 is 1.48 bits per heavy atom. The van der Waals surface area contributed by atoms with Gasteiger partial charge in [0.15, 0.2) is 29.4 Å². The fraction of sp³-hybridized carbons (Fsp3) is 0.500. The molecule has 0 unspecified atom stereocenters. The normalized spacial score (nSPS) is 29.0. The predicted octanol–water partition coefficient (Wildman–Crippen LogP) is -3.68. The van der Waals surface area contributed by atoms with Crippen LogP contribution in [0, 0.1) is 0 Å². The number of Topliss-reactive ketones (excluding diaryl/α,β-unsaturated/α-hetero) is 1. The number of hydrogen-bond donors (Lipinski definition) is 5. The molecule has 11 heteroatoms. The van der Waals surface area contributed by atoms with Crippen LogP contribution in [0.3, 0.4) is 0 Å². The van der Waals surface area contributed by atoms with Crippen molar-refractivity contribution >= 4 is 23.4 Å². The molecule has 0 radical (unpaired) electrons. The standard InChI is InChI=1S/C12H13NO10/c14-1-3(16)9-7(18)5(11(20)22-9)13-6-8(19)10(4(17)2-15)23-12(6)21/h3-4,9-10,14-18H,1-2H2/t3-,4-,9+,10+/m0/s1. The summed E-state index contributed by atoms with van der Waals surface area (Å²) in [7, 11) is 0. The minimum atomic E-state index is -1.68. The van der Waals surface area contributed by atoms with Crippen LogP contribution in [0.25, 0.3) is 0 Å². The highest BCUT2D eigenvalue weighted by molar-refractivity contribution is 6.68. The Labute approximate surface area is 128 Å². The topological polar surface area (TPSA) is 183 Å². The van der Waals surface area contributed by atoms with E-state index in [1.807, 2.05) is 0 Å². The third kappa shape index (κ3) is 2.94. The van der Waals surface area contributed by atoms with Crippen molar-refractivity contribution < 1.29 is 49.4 Å². The number of aliphatic hydroxyl groups is 5. The maximum absolute atomic E-state index is 11.9. The molecule has 2 aliphatic heterocycles. The fourth-order valence-corrected chi connectivity index (χ4v) is 1.95. The Hall–Kier alpha value is -2.34. The summed E-state index contributed by atoms with van der Waals surface area (Å²) in [6.07, 6.45) is -6.54. The smallest absolute Gasteiger partial charge is 0.361 e. The van der Waals surface area contributed by atoms with Gasteiger partial charge in [-0.3, -0.25) is 4.79 Å². The summed E-state index contributed by atoms with van der Waals surface area (Å²) in [5.74, 6) is -4.43. The molecule has 5 N–H and O–H groups in total. The van der Waals surface area contributed by atoms with Crippen LogP contribution < -0.4 is 0 Å². The van der Waals surface area contributed by atoms with Crippen molar-refractivity contribution in [2.45, 2.75) is 24.4 Å². The number of hydrogen-bond acceptors (Lipinski definition) is 11. The molecule has 1 saturated heterocycles. The first-order chi connectivity index (χ1) is 10.8. The largest absolute Gasteiger partial charge is 0.506 e. The summed E-state index contributed by atoms with van der Waals surface area (Å²) < 4.78 is 9.12. The molecule has 0 aliphatic carbocycles. The molecule has 4 atom stereocenters. The van der Waals surface area contributed by atoms with Crippen molar-refractivity contribution in [1.82, 2.24) is 0 Å². The number of aliphatic imine (C=N–C) groups is 1. The van der Waals surface area contributed by atoms with E-state index in [4.69, 9.17) is 10.2 Å². The zero-order valence-electron chi connectivity index (χ0n) is 11.4. The number of ketones is 1. The zero-order chi connectivity index (χ0) is 17.3. The van der Waals surface area contributed by atoms with E-state index in [2.05, 4.69) is 14.5 Å². The maximum Gasteiger partial charge on any atom is 0.361 e. The van der Waals surface area contributed by atoms with E-state index in [1.165, 1.54) is 0 Å². The number of cyclic esters (lactones) is 2. The second-order valence-electron chi connectivity index (χ2n) is 4.71. The van der Waals surface area contributed by atoms with E-state index in [0.29, 0.717) is 0 Å². The van der Waals surface area contributed by atoms with E-state index in [-0.39, 0.29) is 0 Å². The van der Waals surface area contributed by atoms with Crippen molar-refractivity contribution in [1.29, 1.82) is 0 Å². The second kappa shape index (κ2) is 6.42. The quantitative estimate of drug-likeness (QED) is 0.314. The fourth-order valence-electron chi connectivity index (χ4n) is 1.95. The number of carbonyl (C=O) groups excluding carboxylic acids is 3. The van der Waals surface area contributed by atoms with Gasteiger partial charge in [-0.25, -0.2) is 14.6 Å². The molecule has 2 rings (SSSR count). The number of aliphatic hydroxyl groups excluding tert-OH is 5. The number of rotatable bonds is 5. The van der Waals surface area contributed by atoms with Gasteiger partial charge in [-0.1, -0.05) is 0 Å². The Morgan fingerprint density at radius 1 is 0.957 bits per heavy atom. The number of carbonyl (C=O) groups is 3. The van der Waals surface area contributed by atoms with Gasteiger partial charge < -0.3 is 35.0 Å². The lowest BCUT2D eigenvalue weighted by atomic mass is 10.1. The Morgan fingerprint density at radius 3 is 2.04 bits per heavy atom. The van der Waals surface area contributed by atoms with Crippen LogP contribution in [0.4, 0.5) is 0 Å². The van der Waals surface area contributed by atoms with Gasteiger partial charge in [0.1, 0.15) is 12.2 Å². The van der Waals surface area contributed by atoms with Crippen molar-refractivity contribution in [3.63, 3.8) is 0 Å². The molecule has 0 spiro atoms. The molecule has 1 fully saturated rings. The third-order valence-corrected chi connectivity index (χ3v) is 3.16. The number of nitrogens with zero attached hydrogens (tertiary/aromatic N) is 1. The lowest BCUT2D eigenvalue weighted by molar-refractivity contribution is -0.147. The van der Waals surface area contributed by atoms with Crippen molar-refractivity contribution in [2.75, 3.05) is 13.2 Å². The molecule has 2 heterocycles. The highest BCUT2D eigenvalue weighted by atomic mass is 16.6. The minimum Gasteiger partial charge on any atom is -0.506 e. The summed E-state index contributed by atoms with van der Waals surface area (Å²) in [6.45, 7) is -1.67. The molecule has 0 bridgehead atoms. The average Bonchev–Trinajstić information content (AvgIpc) is 2.97. The first-order valence-electron chi connectivity index (χ1n) is 6.37. The van der Waals surface area contributed by atoms with Gasteiger partial charge in [-0.05, 0) is 0 Å². The Balaban J connectivity index is 2.34. The lowest BCUT2D eigenvalue weighted by Crippen LogP contribution is -2.35. The van der Waals surface area contributed by atoms with Crippen LogP contribution in [0.15, 0.2) is 16.4 Å². The molecule has 0 aromatic rings. The molecular formula is C12H13NO10. The third-order valence-electron chi connectivity index (χ3n) is 3.16. The van der Waals surface area contributed by atoms with Crippen molar-refractivity contribution in [3.05, 3.63) is 11.5 Å². The molecule has 23 heavy (non-hydrogen) atoms. The second-order valence-corrected chi connectivity index (χ2v) is 4.71. The van der Waals surface area contributed by atoms with Crippen LogP contribution in [-0.4, -0.2) is 86.6 Å². The van der Waals surface area contributed by atoms with E-state index in [0.717, 1.165) is 0 Å². The van der Waals surface area contributed by atoms with Gasteiger partial charge in [0, 0.05) is 0 Å². The highest BCUT2D eigenvalue weighted by Gasteiger charge is 2.46. The van der Waals surface area contributed by atoms with Crippen LogP contribution in [0.5, 0.6) is 0 Å². The first-order valence-corrected chi connectivity index (χ1v) is 6.37. The monoisotopic (exact) mass is 331 g/mol. The first kappa shape index (κ1) is 17.0. The summed E-state index contributed by atoms with van der Waals surface area (Å²) in [6, 6.07) is 0. The van der Waals surface area contributed by atoms with Crippen molar-refractivity contribution in [2.24, 2.45) is 4.99 Å². The molecule has 0 aromatic heterocycles. The number of esters is 2. The Bertz CT molecular complexity index is 609. The summed E-state index contributed by atoms with van der Waals surface area (Å²) >= 11 is 0. The summed E-state index contributed by atoms with van der Waals surface area (Å²) in [5.41, 5.74) is -1.68. The van der Waals surface area contributed by atoms with Gasteiger partial charge in [0.05, 0.1) is 13.2 Å². The van der Waals surface area contributed by atoms with E-state index in [9.17, 15) is 29.7 Å². The maximum atomic E-state index is 11.9.